The molecule has 2 aromatic rings. The fraction of sp³-hybridized carbons (Fsp3) is 0.368. The van der Waals surface area contributed by atoms with E-state index in [4.69, 9.17) is 14.2 Å². The molecule has 29 heavy (non-hydrogen) atoms. The molecular weight excluding hydrogens is 398 g/mol. The van der Waals surface area contributed by atoms with Gasteiger partial charge in [0.25, 0.3) is 5.91 Å². The number of anilines is 1. The Morgan fingerprint density at radius 1 is 1.28 bits per heavy atom. The molecule has 2 aliphatic rings. The minimum absolute atomic E-state index is 0.0709. The van der Waals surface area contributed by atoms with Crippen LogP contribution in [0.25, 0.3) is 0 Å². The van der Waals surface area contributed by atoms with Crippen LogP contribution in [0.4, 0.5) is 5.13 Å². The van der Waals surface area contributed by atoms with Crippen LogP contribution < -0.4 is 14.8 Å². The van der Waals surface area contributed by atoms with Gasteiger partial charge in [-0.25, -0.2) is 4.98 Å². The molecule has 1 fully saturated rings. The van der Waals surface area contributed by atoms with Crippen molar-refractivity contribution in [3.05, 3.63) is 34.8 Å². The Morgan fingerprint density at radius 2 is 2.07 bits per heavy atom. The average molecular weight is 417 g/mol. The van der Waals surface area contributed by atoms with Crippen LogP contribution in [0.2, 0.25) is 0 Å². The molecule has 152 valence electrons. The molecule has 2 amide bonds. The van der Waals surface area contributed by atoms with Crippen molar-refractivity contribution < 1.29 is 28.6 Å². The average Bonchev–Trinajstić information content (AvgIpc) is 3.29. The van der Waals surface area contributed by atoms with Crippen LogP contribution in [0, 0.1) is 5.92 Å². The number of likely N-dealkylation sites (tertiary alicyclic amines) is 1. The summed E-state index contributed by atoms with van der Waals surface area (Å²) in [5, 5.41) is 4.88. The first-order valence-electron chi connectivity index (χ1n) is 9.13. The number of hydrogen-bond donors (Lipinski definition) is 1. The molecular formula is C19H19N3O6S. The third kappa shape index (κ3) is 4.16. The fourth-order valence-electron chi connectivity index (χ4n) is 3.04. The van der Waals surface area contributed by atoms with Crippen LogP contribution in [0.3, 0.4) is 0 Å². The topological polar surface area (TPSA) is 107 Å². The molecule has 2 aliphatic heterocycles. The van der Waals surface area contributed by atoms with Crippen LogP contribution in [0.15, 0.2) is 23.6 Å². The van der Waals surface area contributed by atoms with Gasteiger partial charge in [-0.3, -0.25) is 14.4 Å². The maximum atomic E-state index is 12.6. The van der Waals surface area contributed by atoms with E-state index in [-0.39, 0.29) is 36.9 Å². The molecule has 9 nitrogen and oxygen atoms in total. The largest absolute Gasteiger partial charge is 0.466 e. The summed E-state index contributed by atoms with van der Waals surface area (Å²) in [7, 11) is 0. The maximum Gasteiger partial charge on any atom is 0.311 e. The molecule has 0 unspecified atom stereocenters. The van der Waals surface area contributed by atoms with Gasteiger partial charge in [0, 0.05) is 24.0 Å². The van der Waals surface area contributed by atoms with Gasteiger partial charge in [0.05, 0.1) is 24.6 Å². The van der Waals surface area contributed by atoms with Gasteiger partial charge in [0.15, 0.2) is 16.6 Å². The van der Waals surface area contributed by atoms with E-state index < -0.39 is 0 Å². The van der Waals surface area contributed by atoms with E-state index >= 15 is 0 Å². The highest BCUT2D eigenvalue weighted by Gasteiger charge is 2.36. The van der Waals surface area contributed by atoms with Gasteiger partial charge < -0.3 is 24.4 Å². The van der Waals surface area contributed by atoms with E-state index in [0.717, 1.165) is 0 Å². The molecule has 0 bridgehead atoms. The number of nitrogens with zero attached hydrogens (tertiary/aromatic N) is 2. The van der Waals surface area contributed by atoms with Crippen LogP contribution in [0.5, 0.6) is 11.5 Å². The molecule has 0 radical (unpaired) electrons. The van der Waals surface area contributed by atoms with Gasteiger partial charge in [-0.2, -0.15) is 0 Å². The van der Waals surface area contributed by atoms with Crippen molar-refractivity contribution in [3.63, 3.8) is 0 Å². The van der Waals surface area contributed by atoms with Crippen LogP contribution in [-0.2, 0) is 20.7 Å². The molecule has 4 rings (SSSR count). The van der Waals surface area contributed by atoms with Gasteiger partial charge in [-0.1, -0.05) is 0 Å². The highest BCUT2D eigenvalue weighted by Crippen LogP contribution is 2.33. The molecule has 10 heteroatoms. The zero-order valence-corrected chi connectivity index (χ0v) is 16.5. The Kier molecular flexibility index (Phi) is 5.34. The minimum atomic E-state index is -0.354. The number of thiazole rings is 1. The predicted octanol–water partition coefficient (Wildman–Crippen LogP) is 1.69. The van der Waals surface area contributed by atoms with Crippen molar-refractivity contribution in [1.82, 2.24) is 9.88 Å². The Hall–Kier alpha value is -3.14. The quantitative estimate of drug-likeness (QED) is 0.713. The number of ether oxygens (including phenoxy) is 3. The zero-order chi connectivity index (χ0) is 20.4. The Labute approximate surface area is 170 Å². The number of carbonyl (C=O) groups excluding carboxylic acids is 3. The smallest absolute Gasteiger partial charge is 0.311 e. The van der Waals surface area contributed by atoms with E-state index in [1.54, 1.807) is 35.4 Å². The number of benzene rings is 1. The first-order valence-corrected chi connectivity index (χ1v) is 10.0. The second-order valence-corrected chi connectivity index (χ2v) is 7.45. The van der Waals surface area contributed by atoms with E-state index in [1.807, 2.05) is 0 Å². The molecule has 1 N–H and O–H groups in total. The van der Waals surface area contributed by atoms with Gasteiger partial charge in [0.2, 0.25) is 12.7 Å². The lowest BCUT2D eigenvalue weighted by Gasteiger charge is -2.38. The molecule has 0 spiro atoms. The minimum Gasteiger partial charge on any atom is -0.466 e. The number of carbonyl (C=O) groups is 3. The van der Waals surface area contributed by atoms with Crippen molar-refractivity contribution in [1.29, 1.82) is 0 Å². The lowest BCUT2D eigenvalue weighted by molar-refractivity contribution is -0.142. The van der Waals surface area contributed by atoms with E-state index in [1.165, 1.54) is 11.3 Å². The summed E-state index contributed by atoms with van der Waals surface area (Å²) >= 11 is 1.25. The van der Waals surface area contributed by atoms with Crippen molar-refractivity contribution in [3.8, 4) is 11.5 Å². The summed E-state index contributed by atoms with van der Waals surface area (Å²) in [4.78, 5) is 42.3. The lowest BCUT2D eigenvalue weighted by Crippen LogP contribution is -2.54. The predicted molar refractivity (Wildman–Crippen MR) is 103 cm³/mol. The summed E-state index contributed by atoms with van der Waals surface area (Å²) < 4.78 is 15.4. The van der Waals surface area contributed by atoms with E-state index in [9.17, 15) is 14.4 Å². The van der Waals surface area contributed by atoms with Gasteiger partial charge >= 0.3 is 5.97 Å². The summed E-state index contributed by atoms with van der Waals surface area (Å²) in [6.07, 6.45) is 0.0709. The molecule has 0 aliphatic carbocycles. The highest BCUT2D eigenvalue weighted by atomic mass is 32.1. The number of hydrogen-bond acceptors (Lipinski definition) is 8. The zero-order valence-electron chi connectivity index (χ0n) is 15.7. The number of aromatic nitrogens is 1. The molecule has 1 aromatic heterocycles. The van der Waals surface area contributed by atoms with Crippen molar-refractivity contribution in [2.45, 2.75) is 13.3 Å². The number of amides is 2. The van der Waals surface area contributed by atoms with Crippen LogP contribution >= 0.6 is 11.3 Å². The number of nitrogens with one attached hydrogen (secondary N) is 1. The Morgan fingerprint density at radius 3 is 2.86 bits per heavy atom. The van der Waals surface area contributed by atoms with E-state index in [0.29, 0.717) is 47.6 Å². The van der Waals surface area contributed by atoms with Crippen molar-refractivity contribution in [2.75, 3.05) is 31.8 Å². The second-order valence-electron chi connectivity index (χ2n) is 6.59. The van der Waals surface area contributed by atoms with Crippen molar-refractivity contribution in [2.24, 2.45) is 5.92 Å². The summed E-state index contributed by atoms with van der Waals surface area (Å²) in [5.41, 5.74) is 1.05. The van der Waals surface area contributed by atoms with Crippen molar-refractivity contribution >= 4 is 34.3 Å². The lowest BCUT2D eigenvalue weighted by atomic mass is 9.98. The van der Waals surface area contributed by atoms with Crippen LogP contribution in [-0.4, -0.2) is 54.2 Å². The van der Waals surface area contributed by atoms with Gasteiger partial charge in [-0.15, -0.1) is 11.3 Å². The molecule has 1 aromatic carbocycles. The molecule has 1 saturated heterocycles. The number of fused-ring (bicyclic) bond motifs is 1. The normalized spacial score (nSPS) is 15.0. The summed E-state index contributed by atoms with van der Waals surface area (Å²) in [5.74, 6) is 0.161. The Balaban J connectivity index is 1.27. The standard InChI is InChI=1S/C19H19N3O6S/c1-2-26-16(23)6-13-9-29-19(20-13)21-17(24)12-7-22(8-12)18(25)11-3-4-14-15(5-11)28-10-27-14/h3-5,9,12H,2,6-8,10H2,1H3,(H,20,21,24). The van der Waals surface area contributed by atoms with Gasteiger partial charge in [-0.05, 0) is 25.1 Å². The monoisotopic (exact) mass is 417 g/mol. The third-order valence-corrected chi connectivity index (χ3v) is 5.38. The molecule has 0 saturated carbocycles. The first-order chi connectivity index (χ1) is 14.0. The third-order valence-electron chi connectivity index (χ3n) is 4.57. The maximum absolute atomic E-state index is 12.6. The fourth-order valence-corrected chi connectivity index (χ4v) is 3.75. The Bertz CT molecular complexity index is 953. The van der Waals surface area contributed by atoms with Crippen LogP contribution in [0.1, 0.15) is 23.0 Å². The summed E-state index contributed by atoms with van der Waals surface area (Å²) in [6.45, 7) is 2.87. The second kappa shape index (κ2) is 8.08. The highest BCUT2D eigenvalue weighted by molar-refractivity contribution is 7.13. The van der Waals surface area contributed by atoms with E-state index in [2.05, 4.69) is 10.3 Å². The van der Waals surface area contributed by atoms with Gasteiger partial charge in [0.1, 0.15) is 0 Å². The SMILES string of the molecule is CCOC(=O)Cc1csc(NC(=O)C2CN(C(=O)c3ccc4c(c3)OCO4)C2)n1. The molecule has 3 heterocycles. The molecule has 0 atom stereocenters. The first kappa shape index (κ1) is 19.2. The number of esters is 1. The number of rotatable bonds is 6. The summed E-state index contributed by atoms with van der Waals surface area (Å²) in [6, 6.07) is 5.04.